The smallest absolute Gasteiger partial charge is 0.222 e. The highest BCUT2D eigenvalue weighted by Crippen LogP contribution is 2.38. The van der Waals surface area contributed by atoms with Crippen LogP contribution in [0.15, 0.2) is 94.9 Å². The molecule has 2 aliphatic heterocycles. The maximum Gasteiger partial charge on any atom is 0.222 e. The molecule has 316 valence electrons. The molecule has 17 heteroatoms. The summed E-state index contributed by atoms with van der Waals surface area (Å²) in [7, 11) is 3.19. The molecule has 15 nitrogen and oxygen atoms in total. The molecular weight excluding hydrogens is 831 g/mol. The molecule has 0 bridgehead atoms. The summed E-state index contributed by atoms with van der Waals surface area (Å²) in [6.07, 6.45) is 0.395. The van der Waals surface area contributed by atoms with Gasteiger partial charge in [-0.15, -0.1) is 20.4 Å². The lowest BCUT2D eigenvalue weighted by molar-refractivity contribution is -0.125. The molecule has 8 rings (SSSR count). The number of ether oxygens (including phenoxy) is 2. The highest BCUT2D eigenvalue weighted by Gasteiger charge is 2.33. The van der Waals surface area contributed by atoms with Crippen LogP contribution >= 0.6 is 23.2 Å². The van der Waals surface area contributed by atoms with Crippen molar-refractivity contribution >= 4 is 52.2 Å². The van der Waals surface area contributed by atoms with Gasteiger partial charge < -0.3 is 20.1 Å². The standard InChI is InChI=1S/C45H42Cl2N10O5/c1-25-52-54-44-34(50-42(27-10-14-29(46)15-11-27)33-21-32(61-3)18-19-36(33)56(25)44)22-39(59)48-20-6-7-31(58)24-49-40(60)23-35-45-55-53-26(2)57(45)37-8-5-9-38(62-4)41(37)43(51-35)28-12-16-30(47)17-13-28/h5,8-19,21,34-35H,6-7,20,22-24H2,1-4H3,(H,48,59)(H,49,60)/t34-,35-/m1/s1. The quantitative estimate of drug-likeness (QED) is 0.114. The zero-order valence-electron chi connectivity index (χ0n) is 34.4. The molecule has 0 radical (unpaired) electrons. The predicted octanol–water partition coefficient (Wildman–Crippen LogP) is 6.64. The molecule has 0 spiro atoms. The van der Waals surface area contributed by atoms with E-state index in [-0.39, 0.29) is 49.9 Å². The van der Waals surface area contributed by atoms with E-state index >= 15 is 0 Å². The van der Waals surface area contributed by atoms with E-state index in [1.165, 1.54) is 0 Å². The van der Waals surface area contributed by atoms with Crippen molar-refractivity contribution in [2.45, 2.75) is 51.6 Å². The molecule has 0 saturated heterocycles. The number of amides is 2. The predicted molar refractivity (Wildman–Crippen MR) is 234 cm³/mol. The maximum absolute atomic E-state index is 13.5. The molecule has 2 aromatic heterocycles. The molecule has 6 aromatic rings. The van der Waals surface area contributed by atoms with Crippen LogP contribution in [-0.4, -0.2) is 85.9 Å². The zero-order chi connectivity index (χ0) is 43.5. The second-order valence-corrected chi connectivity index (χ2v) is 15.7. The molecule has 0 saturated carbocycles. The number of carbonyl (C=O) groups is 3. The summed E-state index contributed by atoms with van der Waals surface area (Å²) in [5.74, 6) is 2.66. The number of benzene rings is 4. The first-order chi connectivity index (χ1) is 30.0. The number of nitrogens with one attached hydrogen (secondary N) is 2. The number of hydrogen-bond acceptors (Lipinski definition) is 11. The molecule has 4 heterocycles. The fraction of sp³-hybridized carbons (Fsp3) is 0.267. The Balaban J connectivity index is 0.904. The van der Waals surface area contributed by atoms with Crippen molar-refractivity contribution in [2.75, 3.05) is 27.3 Å². The first-order valence-corrected chi connectivity index (χ1v) is 20.7. The van der Waals surface area contributed by atoms with Gasteiger partial charge in [0.1, 0.15) is 35.2 Å². The van der Waals surface area contributed by atoms with Crippen molar-refractivity contribution in [1.82, 2.24) is 40.2 Å². The highest BCUT2D eigenvalue weighted by molar-refractivity contribution is 6.31. The lowest BCUT2D eigenvalue weighted by atomic mass is 9.99. The monoisotopic (exact) mass is 872 g/mol. The number of Topliss-reactive ketones (excluding diaryl/α,β-unsaturated/α-hetero) is 1. The van der Waals surface area contributed by atoms with E-state index in [1.807, 2.05) is 83.6 Å². The summed E-state index contributed by atoms with van der Waals surface area (Å²) in [4.78, 5) is 50.1. The van der Waals surface area contributed by atoms with Crippen LogP contribution in [0.2, 0.25) is 10.0 Å². The van der Waals surface area contributed by atoms with Crippen LogP contribution in [0.3, 0.4) is 0 Å². The van der Waals surface area contributed by atoms with Gasteiger partial charge in [-0.2, -0.15) is 0 Å². The molecule has 0 unspecified atom stereocenters. The number of aliphatic imine (C=N–C) groups is 2. The van der Waals surface area contributed by atoms with Gasteiger partial charge in [-0.1, -0.05) is 53.5 Å². The number of rotatable bonds is 14. The molecule has 62 heavy (non-hydrogen) atoms. The lowest BCUT2D eigenvalue weighted by Gasteiger charge is -2.16. The Labute approximate surface area is 367 Å². The van der Waals surface area contributed by atoms with Gasteiger partial charge in [0.15, 0.2) is 17.4 Å². The number of aromatic nitrogens is 6. The number of ketones is 1. The summed E-state index contributed by atoms with van der Waals surface area (Å²) in [5.41, 5.74) is 5.92. The largest absolute Gasteiger partial charge is 0.497 e. The number of carbonyl (C=O) groups excluding carboxylic acids is 3. The summed E-state index contributed by atoms with van der Waals surface area (Å²) in [6, 6.07) is 24.6. The Morgan fingerprint density at radius 1 is 0.677 bits per heavy atom. The van der Waals surface area contributed by atoms with Gasteiger partial charge in [0.05, 0.1) is 62.0 Å². The Morgan fingerprint density at radius 3 is 1.87 bits per heavy atom. The van der Waals surface area contributed by atoms with Crippen LogP contribution < -0.4 is 20.1 Å². The third kappa shape index (κ3) is 8.58. The van der Waals surface area contributed by atoms with Gasteiger partial charge in [0.2, 0.25) is 11.8 Å². The van der Waals surface area contributed by atoms with Crippen molar-refractivity contribution in [2.24, 2.45) is 9.98 Å². The summed E-state index contributed by atoms with van der Waals surface area (Å²) >= 11 is 12.5. The van der Waals surface area contributed by atoms with E-state index in [0.29, 0.717) is 62.7 Å². The minimum atomic E-state index is -0.737. The summed E-state index contributed by atoms with van der Waals surface area (Å²) in [5, 5.41) is 24.4. The number of nitrogens with zero attached hydrogens (tertiary/aromatic N) is 8. The van der Waals surface area contributed by atoms with E-state index in [4.69, 9.17) is 42.7 Å². The molecule has 0 aliphatic carbocycles. The summed E-state index contributed by atoms with van der Waals surface area (Å²) in [6.45, 7) is 3.74. The first kappa shape index (κ1) is 42.0. The van der Waals surface area contributed by atoms with Crippen molar-refractivity contribution in [3.63, 3.8) is 0 Å². The second-order valence-electron chi connectivity index (χ2n) is 14.8. The van der Waals surface area contributed by atoms with Crippen LogP contribution in [0.1, 0.15) is 83.3 Å². The highest BCUT2D eigenvalue weighted by atomic mass is 35.5. The molecule has 2 aliphatic rings. The topological polar surface area (TPSA) is 180 Å². The number of hydrogen-bond donors (Lipinski definition) is 2. The Kier molecular flexibility index (Phi) is 12.3. The van der Waals surface area contributed by atoms with Gasteiger partial charge in [-0.3, -0.25) is 33.5 Å². The molecule has 2 amide bonds. The number of aryl methyl sites for hydroxylation is 2. The van der Waals surface area contributed by atoms with Crippen molar-refractivity contribution in [1.29, 1.82) is 0 Å². The van der Waals surface area contributed by atoms with Gasteiger partial charge >= 0.3 is 0 Å². The molecule has 4 aromatic carbocycles. The normalized spacial score (nSPS) is 15.1. The fourth-order valence-corrected chi connectivity index (χ4v) is 7.97. The Hall–Kier alpha value is -6.71. The average molecular weight is 874 g/mol. The first-order valence-electron chi connectivity index (χ1n) is 20.0. The Bertz CT molecular complexity index is 2740. The summed E-state index contributed by atoms with van der Waals surface area (Å²) < 4.78 is 15.1. The van der Waals surface area contributed by atoms with Crippen LogP contribution in [-0.2, 0) is 14.4 Å². The minimum absolute atomic E-state index is 0.0150. The SMILES string of the molecule is COc1ccc2c(c1)C(c1ccc(Cl)cc1)=N[C@H](CC(=O)NCCCC(=O)CNC(=O)C[C@H]1N=C(c3ccc(Cl)cc3)c3c(OC)cccc3-n3c(C)nnc31)c1nnc(C)n1-2. The van der Waals surface area contributed by atoms with Crippen molar-refractivity contribution in [3.05, 3.63) is 141 Å². The molecular formula is C45H42Cl2N10O5. The van der Waals surface area contributed by atoms with E-state index in [0.717, 1.165) is 33.6 Å². The molecule has 2 atom stereocenters. The van der Waals surface area contributed by atoms with Gasteiger partial charge in [0.25, 0.3) is 0 Å². The maximum atomic E-state index is 13.5. The van der Waals surface area contributed by atoms with Crippen LogP contribution in [0.25, 0.3) is 11.4 Å². The molecule has 2 N–H and O–H groups in total. The van der Waals surface area contributed by atoms with Crippen LogP contribution in [0.4, 0.5) is 0 Å². The number of methoxy groups -OCH3 is 2. The zero-order valence-corrected chi connectivity index (χ0v) is 35.9. The lowest BCUT2D eigenvalue weighted by Crippen LogP contribution is -2.31. The number of halogens is 2. The van der Waals surface area contributed by atoms with Gasteiger partial charge in [-0.05, 0) is 74.9 Å². The third-order valence-electron chi connectivity index (χ3n) is 10.7. The van der Waals surface area contributed by atoms with Gasteiger partial charge in [-0.25, -0.2) is 0 Å². The Morgan fingerprint density at radius 2 is 1.26 bits per heavy atom. The number of fused-ring (bicyclic) bond motifs is 6. The van der Waals surface area contributed by atoms with Crippen molar-refractivity contribution < 1.29 is 23.9 Å². The van der Waals surface area contributed by atoms with E-state index in [2.05, 4.69) is 31.0 Å². The molecule has 0 fully saturated rings. The minimum Gasteiger partial charge on any atom is -0.497 e. The second kappa shape index (κ2) is 18.1. The van der Waals surface area contributed by atoms with E-state index in [9.17, 15) is 14.4 Å². The van der Waals surface area contributed by atoms with Gasteiger partial charge in [0, 0.05) is 39.7 Å². The third-order valence-corrected chi connectivity index (χ3v) is 11.2. The van der Waals surface area contributed by atoms with E-state index in [1.54, 1.807) is 38.5 Å². The van der Waals surface area contributed by atoms with Crippen LogP contribution in [0.5, 0.6) is 11.5 Å². The fourth-order valence-electron chi connectivity index (χ4n) is 7.72. The average Bonchev–Trinajstić information content (AvgIpc) is 3.78. The van der Waals surface area contributed by atoms with E-state index < -0.39 is 12.1 Å². The van der Waals surface area contributed by atoms with Crippen LogP contribution in [0, 0.1) is 13.8 Å². The van der Waals surface area contributed by atoms with Crippen molar-refractivity contribution in [3.8, 4) is 22.9 Å².